The van der Waals surface area contributed by atoms with Gasteiger partial charge >= 0.3 is 0 Å². The highest BCUT2D eigenvalue weighted by Crippen LogP contribution is 2.18. The lowest BCUT2D eigenvalue weighted by atomic mass is 10.1. The highest BCUT2D eigenvalue weighted by atomic mass is 32.1. The zero-order valence-corrected chi connectivity index (χ0v) is 9.43. The lowest BCUT2D eigenvalue weighted by Gasteiger charge is -2.07. The Morgan fingerprint density at radius 1 is 1.53 bits per heavy atom. The molecular weight excluding hydrogens is 210 g/mol. The van der Waals surface area contributed by atoms with Crippen LogP contribution in [0.2, 0.25) is 0 Å². The molecule has 0 bridgehead atoms. The van der Waals surface area contributed by atoms with Gasteiger partial charge in [0.05, 0.1) is 5.16 Å². The Hall–Kier alpha value is -1.51. The smallest absolute Gasteiger partial charge is 0.292 e. The van der Waals surface area contributed by atoms with Crippen molar-refractivity contribution in [2.24, 2.45) is 4.99 Å². The summed E-state index contributed by atoms with van der Waals surface area (Å²) in [5, 5.41) is 2.01. The van der Waals surface area contributed by atoms with Crippen molar-refractivity contribution >= 4 is 23.3 Å². The van der Waals surface area contributed by atoms with Gasteiger partial charge in [0.1, 0.15) is 5.75 Å². The number of amides is 1. The van der Waals surface area contributed by atoms with E-state index in [4.69, 9.17) is 4.74 Å². The number of aliphatic imine (C=N–C) groups is 1. The van der Waals surface area contributed by atoms with Gasteiger partial charge in [0.25, 0.3) is 5.91 Å². The van der Waals surface area contributed by atoms with Crippen LogP contribution in [0.25, 0.3) is 0 Å². The Labute approximate surface area is 93.8 Å². The molecule has 0 atom stereocenters. The van der Waals surface area contributed by atoms with E-state index < -0.39 is 5.91 Å². The van der Waals surface area contributed by atoms with E-state index in [1.165, 1.54) is 0 Å². The molecule has 0 saturated heterocycles. The van der Waals surface area contributed by atoms with Gasteiger partial charge in [-0.1, -0.05) is 17.7 Å². The molecule has 0 aliphatic rings. The number of hydrogen-bond donors (Lipinski definition) is 0. The largest absolute Gasteiger partial charge is 0.483 e. The molecule has 1 aromatic carbocycles. The first-order chi connectivity index (χ1) is 7.13. The van der Waals surface area contributed by atoms with Crippen molar-refractivity contribution in [1.29, 1.82) is 0 Å². The maximum absolute atomic E-state index is 11.0. The maximum atomic E-state index is 11.0. The molecule has 0 N–H and O–H groups in total. The van der Waals surface area contributed by atoms with Crippen LogP contribution < -0.4 is 4.74 Å². The summed E-state index contributed by atoms with van der Waals surface area (Å²) in [5.41, 5.74) is 2.15. The standard InChI is InChI=1S/C11H11NO2S/c1-8-3-4-10(9(2)5-8)14-6-11(13)12-7-15/h3-5H,6H2,1-2H3. The van der Waals surface area contributed by atoms with E-state index in [1.807, 2.05) is 37.2 Å². The third-order valence-corrected chi connectivity index (χ3v) is 1.94. The van der Waals surface area contributed by atoms with Crippen LogP contribution in [-0.4, -0.2) is 17.7 Å². The van der Waals surface area contributed by atoms with Crippen molar-refractivity contribution < 1.29 is 9.53 Å². The van der Waals surface area contributed by atoms with Crippen LogP contribution in [-0.2, 0) is 4.79 Å². The normalized spacial score (nSPS) is 9.20. The third-order valence-electron chi connectivity index (χ3n) is 1.85. The van der Waals surface area contributed by atoms with Crippen molar-refractivity contribution in [2.75, 3.05) is 6.61 Å². The maximum Gasteiger partial charge on any atom is 0.292 e. The summed E-state index contributed by atoms with van der Waals surface area (Å²) >= 11 is 4.31. The number of nitrogens with zero attached hydrogens (tertiary/aromatic N) is 1. The predicted molar refractivity (Wildman–Crippen MR) is 61.4 cm³/mol. The highest BCUT2D eigenvalue weighted by molar-refractivity contribution is 7.78. The van der Waals surface area contributed by atoms with Crippen molar-refractivity contribution in [2.45, 2.75) is 13.8 Å². The van der Waals surface area contributed by atoms with Gasteiger partial charge < -0.3 is 4.74 Å². The molecule has 78 valence electrons. The monoisotopic (exact) mass is 221 g/mol. The molecule has 0 aliphatic heterocycles. The Morgan fingerprint density at radius 2 is 2.27 bits per heavy atom. The first-order valence-corrected chi connectivity index (χ1v) is 4.85. The number of isothiocyanates is 1. The van der Waals surface area contributed by atoms with E-state index in [2.05, 4.69) is 17.2 Å². The molecule has 15 heavy (non-hydrogen) atoms. The van der Waals surface area contributed by atoms with Crippen LogP contribution in [0.5, 0.6) is 5.75 Å². The number of benzene rings is 1. The van der Waals surface area contributed by atoms with Crippen LogP contribution in [0.15, 0.2) is 23.2 Å². The van der Waals surface area contributed by atoms with Gasteiger partial charge in [-0.05, 0) is 37.7 Å². The summed E-state index contributed by atoms with van der Waals surface area (Å²) in [4.78, 5) is 14.3. The minimum atomic E-state index is -0.426. The molecule has 1 amide bonds. The Bertz CT molecular complexity index is 423. The van der Waals surface area contributed by atoms with Crippen LogP contribution in [0.3, 0.4) is 0 Å². The second kappa shape index (κ2) is 5.39. The van der Waals surface area contributed by atoms with Gasteiger partial charge in [0, 0.05) is 0 Å². The fourth-order valence-corrected chi connectivity index (χ4v) is 1.29. The van der Waals surface area contributed by atoms with Crippen molar-refractivity contribution in [1.82, 2.24) is 0 Å². The Morgan fingerprint density at radius 3 is 2.87 bits per heavy atom. The molecule has 1 aromatic rings. The topological polar surface area (TPSA) is 38.7 Å². The average molecular weight is 221 g/mol. The summed E-state index contributed by atoms with van der Waals surface area (Å²) in [6.45, 7) is 3.82. The van der Waals surface area contributed by atoms with E-state index in [-0.39, 0.29) is 6.61 Å². The number of thiocarbonyl (C=S) groups is 1. The molecule has 0 unspecified atom stereocenters. The van der Waals surface area contributed by atoms with E-state index in [1.54, 1.807) is 0 Å². The summed E-state index contributed by atoms with van der Waals surface area (Å²) in [7, 11) is 0. The van der Waals surface area contributed by atoms with E-state index in [0.29, 0.717) is 5.75 Å². The molecular formula is C11H11NO2S. The second-order valence-electron chi connectivity index (χ2n) is 3.15. The first kappa shape index (κ1) is 11.6. The Balaban J connectivity index is 2.65. The quantitative estimate of drug-likeness (QED) is 0.580. The SMILES string of the molecule is Cc1ccc(OCC(=O)N=C=S)c(C)c1. The second-order valence-corrected chi connectivity index (χ2v) is 3.34. The van der Waals surface area contributed by atoms with Crippen molar-refractivity contribution in [3.63, 3.8) is 0 Å². The number of aryl methyl sites for hydroxylation is 2. The van der Waals surface area contributed by atoms with Gasteiger partial charge in [-0.25, -0.2) is 0 Å². The van der Waals surface area contributed by atoms with Crippen LogP contribution >= 0.6 is 12.2 Å². The molecule has 0 fully saturated rings. The third kappa shape index (κ3) is 3.62. The van der Waals surface area contributed by atoms with Gasteiger partial charge in [-0.2, -0.15) is 4.99 Å². The van der Waals surface area contributed by atoms with Gasteiger partial charge in [-0.15, -0.1) is 0 Å². The summed E-state index contributed by atoms with van der Waals surface area (Å²) < 4.78 is 5.28. The minimum absolute atomic E-state index is 0.104. The molecule has 0 saturated carbocycles. The van der Waals surface area contributed by atoms with Crippen molar-refractivity contribution in [3.8, 4) is 5.75 Å². The number of hydrogen-bond acceptors (Lipinski definition) is 3. The molecule has 0 heterocycles. The summed E-state index contributed by atoms with van der Waals surface area (Å²) in [6.07, 6.45) is 0. The molecule has 1 rings (SSSR count). The molecule has 3 nitrogen and oxygen atoms in total. The minimum Gasteiger partial charge on any atom is -0.483 e. The summed E-state index contributed by atoms with van der Waals surface area (Å²) in [5.74, 6) is 0.262. The predicted octanol–water partition coefficient (Wildman–Crippen LogP) is 2.31. The molecule has 4 heteroatoms. The summed E-state index contributed by atoms with van der Waals surface area (Å²) in [6, 6.07) is 5.75. The number of rotatable bonds is 3. The fraction of sp³-hybridized carbons (Fsp3) is 0.273. The molecule has 0 aliphatic carbocycles. The van der Waals surface area contributed by atoms with Gasteiger partial charge in [0.2, 0.25) is 0 Å². The van der Waals surface area contributed by atoms with Crippen molar-refractivity contribution in [3.05, 3.63) is 29.3 Å². The van der Waals surface area contributed by atoms with E-state index in [0.717, 1.165) is 11.1 Å². The molecule has 0 spiro atoms. The number of ether oxygens (including phenoxy) is 1. The van der Waals surface area contributed by atoms with Crippen LogP contribution in [0.1, 0.15) is 11.1 Å². The lowest BCUT2D eigenvalue weighted by Crippen LogP contribution is -2.08. The number of carbonyl (C=O) groups excluding carboxylic acids is 1. The average Bonchev–Trinajstić information content (AvgIpc) is 2.17. The molecule has 0 aromatic heterocycles. The molecule has 0 radical (unpaired) electrons. The van der Waals surface area contributed by atoms with E-state index in [9.17, 15) is 4.79 Å². The van der Waals surface area contributed by atoms with E-state index >= 15 is 0 Å². The first-order valence-electron chi connectivity index (χ1n) is 4.44. The fourth-order valence-electron chi connectivity index (χ4n) is 1.18. The van der Waals surface area contributed by atoms with Gasteiger partial charge in [0.15, 0.2) is 6.61 Å². The zero-order valence-electron chi connectivity index (χ0n) is 8.61. The van der Waals surface area contributed by atoms with Crippen LogP contribution in [0.4, 0.5) is 0 Å². The van der Waals surface area contributed by atoms with Gasteiger partial charge in [-0.3, -0.25) is 4.79 Å². The number of carbonyl (C=O) groups is 1. The Kier molecular flexibility index (Phi) is 4.16. The lowest BCUT2D eigenvalue weighted by molar-refractivity contribution is -0.119. The highest BCUT2D eigenvalue weighted by Gasteiger charge is 2.02. The van der Waals surface area contributed by atoms with Crippen LogP contribution in [0, 0.1) is 13.8 Å². The zero-order chi connectivity index (χ0) is 11.3.